The summed E-state index contributed by atoms with van der Waals surface area (Å²) < 4.78 is 2.37. The van der Waals surface area contributed by atoms with Crippen molar-refractivity contribution in [1.82, 2.24) is 19.5 Å². The minimum Gasteiger partial charge on any atom is -0.308 e. The normalized spacial score (nSPS) is 11.1. The molecular formula is C55H36N6. The smallest absolute Gasteiger partial charge is 0.187 e. The van der Waals surface area contributed by atoms with Gasteiger partial charge in [-0.1, -0.05) is 145 Å². The maximum Gasteiger partial charge on any atom is 0.187 e. The summed E-state index contributed by atoms with van der Waals surface area (Å²) in [6, 6.07) is 64.0. The van der Waals surface area contributed by atoms with Crippen LogP contribution in [0.3, 0.4) is 0 Å². The van der Waals surface area contributed by atoms with E-state index in [0.717, 1.165) is 72.0 Å². The molecular weight excluding hydrogens is 745 g/mol. The highest BCUT2D eigenvalue weighted by atomic mass is 15.0. The van der Waals surface area contributed by atoms with Gasteiger partial charge in [-0.05, 0) is 84.1 Å². The summed E-state index contributed by atoms with van der Waals surface area (Å²) in [6.07, 6.45) is 0. The van der Waals surface area contributed by atoms with Crippen LogP contribution in [0.1, 0.15) is 16.7 Å². The number of para-hydroxylation sites is 1. The highest BCUT2D eigenvalue weighted by Gasteiger charge is 2.24. The summed E-state index contributed by atoms with van der Waals surface area (Å²) in [5, 5.41) is 12.1. The van der Waals surface area contributed by atoms with Crippen LogP contribution in [-0.2, 0) is 0 Å². The highest BCUT2D eigenvalue weighted by Crippen LogP contribution is 2.45. The molecule has 61 heavy (non-hydrogen) atoms. The number of benzene rings is 8. The number of aryl methyl sites for hydroxylation is 2. The van der Waals surface area contributed by atoms with Gasteiger partial charge in [-0.3, -0.25) is 0 Å². The second-order valence-corrected chi connectivity index (χ2v) is 15.2. The van der Waals surface area contributed by atoms with Crippen molar-refractivity contribution in [3.05, 3.63) is 210 Å². The Hall–Kier alpha value is -8.45. The third kappa shape index (κ3) is 6.79. The number of nitrogens with zero attached hydrogens (tertiary/aromatic N) is 6. The molecule has 0 aliphatic rings. The molecule has 0 aliphatic heterocycles. The van der Waals surface area contributed by atoms with E-state index in [1.807, 2.05) is 109 Å². The Balaban J connectivity index is 1.31. The standard InChI is InChI=1S/C55H36N6/c1-35-18-28-45(36(2)30-35)42-25-29-51-49(31-42)46-16-10-11-17-50(46)61(51)52-47(38-21-19-37(34-56)20-22-38)32-43(33-48(52)39-23-26-44(57-3)27-24-39)55-59-53(40-12-6-4-7-13-40)58-54(60-55)41-14-8-5-9-15-41/h4-33H,1-2H3. The summed E-state index contributed by atoms with van der Waals surface area (Å²) in [5.41, 5.74) is 15.3. The van der Waals surface area contributed by atoms with Crippen molar-refractivity contribution in [2.24, 2.45) is 0 Å². The molecule has 10 aromatic rings. The Morgan fingerprint density at radius 3 is 1.61 bits per heavy atom. The minimum absolute atomic E-state index is 0.522. The van der Waals surface area contributed by atoms with Crippen molar-refractivity contribution in [2.75, 3.05) is 0 Å². The first-order valence-electron chi connectivity index (χ1n) is 20.1. The molecule has 0 fully saturated rings. The highest BCUT2D eigenvalue weighted by molar-refractivity contribution is 6.12. The Labute approximate surface area is 354 Å². The third-order valence-corrected chi connectivity index (χ3v) is 11.3. The lowest BCUT2D eigenvalue weighted by molar-refractivity contribution is 1.07. The third-order valence-electron chi connectivity index (χ3n) is 11.3. The van der Waals surface area contributed by atoms with Crippen molar-refractivity contribution >= 4 is 27.5 Å². The second-order valence-electron chi connectivity index (χ2n) is 15.2. The molecule has 0 N–H and O–H groups in total. The van der Waals surface area contributed by atoms with E-state index in [4.69, 9.17) is 21.5 Å². The molecule has 2 aromatic heterocycles. The summed E-state index contributed by atoms with van der Waals surface area (Å²) in [5.74, 6) is 1.66. The van der Waals surface area contributed by atoms with Gasteiger partial charge in [0, 0.05) is 38.6 Å². The molecule has 0 bridgehead atoms. The van der Waals surface area contributed by atoms with Gasteiger partial charge in [-0.15, -0.1) is 0 Å². The van der Waals surface area contributed by atoms with Crippen molar-refractivity contribution in [2.45, 2.75) is 13.8 Å². The van der Waals surface area contributed by atoms with Crippen molar-refractivity contribution in [1.29, 1.82) is 5.26 Å². The minimum atomic E-state index is 0.522. The lowest BCUT2D eigenvalue weighted by Gasteiger charge is -2.21. The van der Waals surface area contributed by atoms with Gasteiger partial charge < -0.3 is 4.57 Å². The fraction of sp³-hybridized carbons (Fsp3) is 0.0364. The molecule has 6 nitrogen and oxygen atoms in total. The number of fused-ring (bicyclic) bond motifs is 3. The lowest BCUT2D eigenvalue weighted by Crippen LogP contribution is -2.04. The zero-order chi connectivity index (χ0) is 41.5. The quantitative estimate of drug-likeness (QED) is 0.151. The SMILES string of the molecule is [C-]#[N+]c1ccc(-c2cc(-c3nc(-c4ccccc4)nc(-c4ccccc4)n3)cc(-c3ccc(C#N)cc3)c2-n2c3ccccc3c3cc(-c4ccc(C)cc4C)ccc32)cc1. The number of hydrogen-bond donors (Lipinski definition) is 0. The predicted octanol–water partition coefficient (Wildman–Crippen LogP) is 14.0. The topological polar surface area (TPSA) is 71.8 Å². The Bertz CT molecular complexity index is 3240. The van der Waals surface area contributed by atoms with Gasteiger partial charge in [0.15, 0.2) is 23.2 Å². The number of hydrogen-bond acceptors (Lipinski definition) is 4. The van der Waals surface area contributed by atoms with E-state index in [9.17, 15) is 5.26 Å². The number of rotatable bonds is 7. The maximum absolute atomic E-state index is 9.85. The van der Waals surface area contributed by atoms with Crippen molar-refractivity contribution in [3.63, 3.8) is 0 Å². The lowest BCUT2D eigenvalue weighted by atomic mass is 9.92. The summed E-state index contributed by atoms with van der Waals surface area (Å²) >= 11 is 0. The van der Waals surface area contributed by atoms with Crippen LogP contribution in [0, 0.1) is 31.8 Å². The molecule has 0 aliphatic carbocycles. The molecule has 8 aromatic carbocycles. The first kappa shape index (κ1) is 36.9. The number of nitriles is 1. The van der Waals surface area contributed by atoms with Crippen LogP contribution in [0.5, 0.6) is 0 Å². The van der Waals surface area contributed by atoms with Crippen molar-refractivity contribution < 1.29 is 0 Å². The van der Waals surface area contributed by atoms with E-state index >= 15 is 0 Å². The van der Waals surface area contributed by atoms with Gasteiger partial charge in [-0.2, -0.15) is 5.26 Å². The van der Waals surface area contributed by atoms with Gasteiger partial charge in [0.1, 0.15) is 0 Å². The van der Waals surface area contributed by atoms with E-state index in [1.165, 1.54) is 16.7 Å². The molecule has 6 heteroatoms. The largest absolute Gasteiger partial charge is 0.308 e. The van der Waals surface area contributed by atoms with Gasteiger partial charge in [-0.25, -0.2) is 19.8 Å². The average molecular weight is 781 g/mol. The van der Waals surface area contributed by atoms with E-state index in [-0.39, 0.29) is 0 Å². The van der Waals surface area contributed by atoms with E-state index in [1.54, 1.807) is 0 Å². The van der Waals surface area contributed by atoms with Crippen LogP contribution in [-0.4, -0.2) is 19.5 Å². The van der Waals surface area contributed by atoms with Crippen LogP contribution in [0.15, 0.2) is 182 Å². The Morgan fingerprint density at radius 2 is 1.02 bits per heavy atom. The van der Waals surface area contributed by atoms with Crippen molar-refractivity contribution in [3.8, 4) is 79.3 Å². The fourth-order valence-electron chi connectivity index (χ4n) is 8.34. The van der Waals surface area contributed by atoms with E-state index < -0.39 is 0 Å². The molecule has 0 spiro atoms. The summed E-state index contributed by atoms with van der Waals surface area (Å²) in [6.45, 7) is 12.0. The average Bonchev–Trinajstić information content (AvgIpc) is 3.65. The Kier molecular flexibility index (Phi) is 9.29. The fourth-order valence-corrected chi connectivity index (χ4v) is 8.34. The summed E-state index contributed by atoms with van der Waals surface area (Å²) in [4.78, 5) is 19.0. The molecule has 0 unspecified atom stereocenters. The molecule has 0 amide bonds. The Morgan fingerprint density at radius 1 is 0.475 bits per heavy atom. The van der Waals surface area contributed by atoms with Gasteiger partial charge in [0.25, 0.3) is 0 Å². The van der Waals surface area contributed by atoms with Crippen LogP contribution in [0.25, 0.3) is 99.9 Å². The summed E-state index contributed by atoms with van der Waals surface area (Å²) in [7, 11) is 0. The monoisotopic (exact) mass is 780 g/mol. The molecule has 0 saturated carbocycles. The molecule has 0 saturated heterocycles. The van der Waals surface area contributed by atoms with E-state index in [0.29, 0.717) is 28.7 Å². The van der Waals surface area contributed by atoms with Crippen LogP contribution in [0.4, 0.5) is 5.69 Å². The zero-order valence-electron chi connectivity index (χ0n) is 33.5. The van der Waals surface area contributed by atoms with Crippen LogP contribution in [0.2, 0.25) is 0 Å². The molecule has 0 radical (unpaired) electrons. The van der Waals surface area contributed by atoms with Gasteiger partial charge in [0.2, 0.25) is 0 Å². The predicted molar refractivity (Wildman–Crippen MR) is 247 cm³/mol. The van der Waals surface area contributed by atoms with E-state index in [2.05, 4.69) is 102 Å². The molecule has 2 heterocycles. The molecule has 286 valence electrons. The van der Waals surface area contributed by atoms with Crippen LogP contribution >= 0.6 is 0 Å². The zero-order valence-corrected chi connectivity index (χ0v) is 33.5. The van der Waals surface area contributed by atoms with Gasteiger partial charge >= 0.3 is 0 Å². The van der Waals surface area contributed by atoms with Crippen LogP contribution < -0.4 is 0 Å². The first-order chi connectivity index (χ1) is 29.9. The molecule has 10 rings (SSSR count). The first-order valence-corrected chi connectivity index (χ1v) is 20.1. The molecule has 0 atom stereocenters. The van der Waals surface area contributed by atoms with Gasteiger partial charge in [0.05, 0.1) is 34.9 Å². The maximum atomic E-state index is 9.85. The number of aromatic nitrogens is 4. The second kappa shape index (κ2) is 15.4.